The molecule has 0 radical (unpaired) electrons. The second-order valence-electron chi connectivity index (χ2n) is 5.21. The molecule has 1 aromatic rings. The van der Waals surface area contributed by atoms with E-state index in [2.05, 4.69) is 4.90 Å². The summed E-state index contributed by atoms with van der Waals surface area (Å²) in [5.74, 6) is 0.990. The van der Waals surface area contributed by atoms with Crippen LogP contribution in [0.3, 0.4) is 0 Å². The number of furan rings is 1. The Bertz CT molecular complexity index is 384. The highest BCUT2D eigenvalue weighted by Crippen LogP contribution is 2.13. The molecule has 4 heteroatoms. The van der Waals surface area contributed by atoms with Crippen LogP contribution in [-0.4, -0.2) is 36.1 Å². The molecular weight excluding hydrogens is 230 g/mol. The fraction of sp³-hybridized carbons (Fsp3) is 0.643. The molecule has 1 rings (SSSR count). The molecule has 0 amide bonds. The van der Waals surface area contributed by atoms with Gasteiger partial charge in [0, 0.05) is 19.5 Å². The monoisotopic (exact) mass is 253 g/mol. The van der Waals surface area contributed by atoms with Crippen LogP contribution >= 0.6 is 0 Å². The van der Waals surface area contributed by atoms with Gasteiger partial charge in [-0.1, -0.05) is 13.8 Å². The van der Waals surface area contributed by atoms with E-state index in [0.29, 0.717) is 6.54 Å². The Morgan fingerprint density at radius 2 is 2.11 bits per heavy atom. The summed E-state index contributed by atoms with van der Waals surface area (Å²) >= 11 is 0. The molecule has 1 heterocycles. The van der Waals surface area contributed by atoms with Gasteiger partial charge in [-0.05, 0) is 32.0 Å². The van der Waals surface area contributed by atoms with E-state index in [0.717, 1.165) is 24.5 Å². The molecule has 4 nitrogen and oxygen atoms in total. The molecule has 0 saturated heterocycles. The largest absolute Gasteiger partial charge is 0.481 e. The number of rotatable bonds is 7. The third-order valence-corrected chi connectivity index (χ3v) is 3.17. The minimum atomic E-state index is -0.717. The summed E-state index contributed by atoms with van der Waals surface area (Å²) < 4.78 is 5.49. The van der Waals surface area contributed by atoms with Crippen molar-refractivity contribution in [3.8, 4) is 0 Å². The topological polar surface area (TPSA) is 53.7 Å². The average molecular weight is 253 g/mol. The van der Waals surface area contributed by atoms with Gasteiger partial charge in [-0.3, -0.25) is 4.79 Å². The maximum atomic E-state index is 11.1. The molecule has 1 atom stereocenters. The van der Waals surface area contributed by atoms with Crippen molar-refractivity contribution < 1.29 is 14.3 Å². The molecule has 0 saturated carbocycles. The van der Waals surface area contributed by atoms with Gasteiger partial charge in [-0.2, -0.15) is 0 Å². The number of aliphatic carboxylic acids is 1. The van der Waals surface area contributed by atoms with E-state index in [-0.39, 0.29) is 11.8 Å². The molecule has 1 aromatic heterocycles. The van der Waals surface area contributed by atoms with E-state index < -0.39 is 5.97 Å². The molecule has 1 unspecified atom stereocenters. The molecule has 0 aliphatic carbocycles. The molecule has 0 spiro atoms. The molecule has 102 valence electrons. The van der Waals surface area contributed by atoms with Crippen molar-refractivity contribution in [2.45, 2.75) is 27.2 Å². The lowest BCUT2D eigenvalue weighted by atomic mass is 9.95. The summed E-state index contributed by atoms with van der Waals surface area (Å²) in [6.07, 6.45) is 0.814. The Morgan fingerprint density at radius 1 is 1.44 bits per heavy atom. The Balaban J connectivity index is 2.41. The molecule has 1 N–H and O–H groups in total. The summed E-state index contributed by atoms with van der Waals surface area (Å²) in [7, 11) is 1.95. The van der Waals surface area contributed by atoms with E-state index in [1.807, 2.05) is 40.0 Å². The van der Waals surface area contributed by atoms with Crippen LogP contribution in [0.4, 0.5) is 0 Å². The van der Waals surface area contributed by atoms with E-state index in [4.69, 9.17) is 9.52 Å². The number of nitrogens with zero attached hydrogens (tertiary/aromatic N) is 1. The number of hydrogen-bond donors (Lipinski definition) is 1. The first kappa shape index (κ1) is 14.8. The number of hydrogen-bond acceptors (Lipinski definition) is 3. The average Bonchev–Trinajstić information content (AvgIpc) is 2.68. The molecule has 0 fully saturated rings. The fourth-order valence-electron chi connectivity index (χ4n) is 1.92. The van der Waals surface area contributed by atoms with E-state index in [1.165, 1.54) is 0 Å². The smallest absolute Gasteiger partial charge is 0.308 e. The minimum absolute atomic E-state index is 0.149. The Kier molecular flexibility index (Phi) is 5.41. The van der Waals surface area contributed by atoms with E-state index in [1.54, 1.807) is 0 Å². The van der Waals surface area contributed by atoms with Crippen molar-refractivity contribution in [2.24, 2.45) is 11.8 Å². The van der Waals surface area contributed by atoms with Crippen molar-refractivity contribution in [3.05, 3.63) is 23.7 Å². The Labute approximate surface area is 109 Å². The van der Waals surface area contributed by atoms with E-state index in [9.17, 15) is 4.79 Å². The quantitative estimate of drug-likeness (QED) is 0.810. The van der Waals surface area contributed by atoms with Crippen LogP contribution < -0.4 is 0 Å². The summed E-state index contributed by atoms with van der Waals surface area (Å²) in [6, 6.07) is 3.92. The van der Waals surface area contributed by atoms with Gasteiger partial charge in [0.05, 0.1) is 5.92 Å². The highest BCUT2D eigenvalue weighted by atomic mass is 16.4. The van der Waals surface area contributed by atoms with Crippen LogP contribution in [0.5, 0.6) is 0 Å². The van der Waals surface area contributed by atoms with Crippen LogP contribution in [0.15, 0.2) is 16.5 Å². The highest BCUT2D eigenvalue weighted by Gasteiger charge is 2.22. The van der Waals surface area contributed by atoms with Gasteiger partial charge in [0.15, 0.2) is 0 Å². The van der Waals surface area contributed by atoms with Gasteiger partial charge in [-0.25, -0.2) is 0 Å². The highest BCUT2D eigenvalue weighted by molar-refractivity contribution is 5.70. The molecule has 0 aromatic carbocycles. The van der Waals surface area contributed by atoms with Crippen molar-refractivity contribution in [3.63, 3.8) is 0 Å². The van der Waals surface area contributed by atoms with Crippen LogP contribution in [0.2, 0.25) is 0 Å². The maximum Gasteiger partial charge on any atom is 0.308 e. The van der Waals surface area contributed by atoms with Crippen LogP contribution in [0.25, 0.3) is 0 Å². The second-order valence-corrected chi connectivity index (χ2v) is 5.21. The molecule has 0 aliphatic heterocycles. The van der Waals surface area contributed by atoms with Crippen LogP contribution in [0, 0.1) is 18.8 Å². The van der Waals surface area contributed by atoms with Gasteiger partial charge in [0.25, 0.3) is 0 Å². The van der Waals surface area contributed by atoms with Gasteiger partial charge in [0.1, 0.15) is 11.5 Å². The normalized spacial score (nSPS) is 13.2. The van der Waals surface area contributed by atoms with E-state index >= 15 is 0 Å². The second kappa shape index (κ2) is 6.59. The zero-order valence-corrected chi connectivity index (χ0v) is 11.6. The Morgan fingerprint density at radius 3 is 2.56 bits per heavy atom. The maximum absolute atomic E-state index is 11.1. The van der Waals surface area contributed by atoms with Gasteiger partial charge in [-0.15, -0.1) is 0 Å². The van der Waals surface area contributed by atoms with Gasteiger partial charge < -0.3 is 14.4 Å². The minimum Gasteiger partial charge on any atom is -0.481 e. The Hall–Kier alpha value is -1.29. The summed E-state index contributed by atoms with van der Waals surface area (Å²) in [4.78, 5) is 13.2. The van der Waals surface area contributed by atoms with Crippen molar-refractivity contribution in [2.75, 3.05) is 20.1 Å². The van der Waals surface area contributed by atoms with Crippen molar-refractivity contribution in [1.29, 1.82) is 0 Å². The SMILES string of the molecule is Cc1ccc(CCN(C)CC(C(=O)O)C(C)C)o1. The van der Waals surface area contributed by atoms with Crippen LogP contribution in [0.1, 0.15) is 25.4 Å². The lowest BCUT2D eigenvalue weighted by Crippen LogP contribution is -2.34. The predicted molar refractivity (Wildman–Crippen MR) is 70.6 cm³/mol. The lowest BCUT2D eigenvalue weighted by Gasteiger charge is -2.23. The zero-order chi connectivity index (χ0) is 13.7. The molecule has 0 aliphatic rings. The first-order chi connectivity index (χ1) is 8.40. The predicted octanol–water partition coefficient (Wildman–Crippen LogP) is 2.42. The first-order valence-electron chi connectivity index (χ1n) is 6.36. The zero-order valence-electron chi connectivity index (χ0n) is 11.6. The molecule has 18 heavy (non-hydrogen) atoms. The summed E-state index contributed by atoms with van der Waals surface area (Å²) in [5, 5.41) is 9.14. The third kappa shape index (κ3) is 4.53. The number of carbonyl (C=O) groups is 1. The summed E-state index contributed by atoms with van der Waals surface area (Å²) in [5.41, 5.74) is 0. The number of aryl methyl sites for hydroxylation is 1. The number of carboxylic acids is 1. The van der Waals surface area contributed by atoms with Gasteiger partial charge >= 0.3 is 5.97 Å². The third-order valence-electron chi connectivity index (χ3n) is 3.17. The fourth-order valence-corrected chi connectivity index (χ4v) is 1.92. The number of carboxylic acid groups (broad SMARTS) is 1. The molecule has 0 bridgehead atoms. The first-order valence-corrected chi connectivity index (χ1v) is 6.36. The number of likely N-dealkylation sites (N-methyl/N-ethyl adjacent to an activating group) is 1. The van der Waals surface area contributed by atoms with Crippen molar-refractivity contribution in [1.82, 2.24) is 4.90 Å². The standard InChI is InChI=1S/C14H23NO3/c1-10(2)13(14(16)17)9-15(4)8-7-12-6-5-11(3)18-12/h5-6,10,13H,7-9H2,1-4H3,(H,16,17). The van der Waals surface area contributed by atoms with Crippen LogP contribution in [-0.2, 0) is 11.2 Å². The van der Waals surface area contributed by atoms with Gasteiger partial charge in [0.2, 0.25) is 0 Å². The van der Waals surface area contributed by atoms with Crippen molar-refractivity contribution >= 4 is 5.97 Å². The lowest BCUT2D eigenvalue weighted by molar-refractivity contribution is -0.143. The molecular formula is C14H23NO3. The summed E-state index contributed by atoms with van der Waals surface area (Å²) in [6.45, 7) is 7.20.